The van der Waals surface area contributed by atoms with E-state index in [1.165, 1.54) is 11.1 Å². The van der Waals surface area contributed by atoms with Crippen LogP contribution >= 0.6 is 34.8 Å². The average molecular weight is 284 g/mol. The van der Waals surface area contributed by atoms with Gasteiger partial charge in [-0.15, -0.1) is 0 Å². The van der Waals surface area contributed by atoms with E-state index in [1.54, 1.807) is 0 Å². The van der Waals surface area contributed by atoms with Crippen molar-refractivity contribution in [3.05, 3.63) is 11.1 Å². The number of alkyl halides is 3. The second-order valence-corrected chi connectivity index (χ2v) is 7.26. The van der Waals surface area contributed by atoms with Crippen LogP contribution in [0.15, 0.2) is 11.1 Å². The largest absolute Gasteiger partial charge is 0.245 e. The molecular formula is C12H19Cl3N+. The number of hydrogen-bond acceptors (Lipinski definition) is 0. The van der Waals surface area contributed by atoms with E-state index in [4.69, 9.17) is 34.8 Å². The monoisotopic (exact) mass is 282 g/mol. The van der Waals surface area contributed by atoms with Gasteiger partial charge in [-0.05, 0) is 26.7 Å². The van der Waals surface area contributed by atoms with Crippen LogP contribution < -0.4 is 0 Å². The highest BCUT2D eigenvalue weighted by atomic mass is 35.6. The van der Waals surface area contributed by atoms with Gasteiger partial charge in [-0.25, -0.2) is 4.58 Å². The van der Waals surface area contributed by atoms with E-state index in [-0.39, 0.29) is 5.92 Å². The van der Waals surface area contributed by atoms with Crippen LogP contribution in [0.25, 0.3) is 0 Å². The predicted molar refractivity (Wildman–Crippen MR) is 73.1 cm³/mol. The molecule has 1 aliphatic carbocycles. The summed E-state index contributed by atoms with van der Waals surface area (Å²) >= 11 is 18.2. The number of halogens is 3. The fourth-order valence-corrected chi connectivity index (χ4v) is 2.94. The van der Waals surface area contributed by atoms with Crippen LogP contribution in [0.5, 0.6) is 0 Å². The number of nitrogens with zero attached hydrogens (tertiary/aromatic N) is 1. The Bertz CT molecular complexity index is 322. The summed E-state index contributed by atoms with van der Waals surface area (Å²) in [6.45, 7) is 4.30. The van der Waals surface area contributed by atoms with Crippen molar-refractivity contribution < 1.29 is 4.58 Å². The molecule has 1 rings (SSSR count). The van der Waals surface area contributed by atoms with E-state index in [0.29, 0.717) is 5.92 Å². The van der Waals surface area contributed by atoms with Gasteiger partial charge in [-0.2, -0.15) is 0 Å². The van der Waals surface area contributed by atoms with Gasteiger partial charge in [-0.1, -0.05) is 45.9 Å². The number of allylic oxidation sites excluding steroid dienone is 2. The van der Waals surface area contributed by atoms with Crippen LogP contribution in [0.3, 0.4) is 0 Å². The molecule has 0 aromatic heterocycles. The second-order valence-electron chi connectivity index (χ2n) is 4.89. The maximum absolute atomic E-state index is 6.07. The highest BCUT2D eigenvalue weighted by Gasteiger charge is 2.41. The lowest BCUT2D eigenvalue weighted by Gasteiger charge is -2.34. The molecule has 0 aromatic rings. The molecule has 2 atom stereocenters. The van der Waals surface area contributed by atoms with Crippen molar-refractivity contribution in [3.63, 3.8) is 0 Å². The first kappa shape index (κ1) is 14.3. The van der Waals surface area contributed by atoms with Crippen LogP contribution in [-0.4, -0.2) is 28.7 Å². The first-order chi connectivity index (χ1) is 7.21. The second kappa shape index (κ2) is 5.29. The Morgan fingerprint density at radius 3 is 2.06 bits per heavy atom. The van der Waals surface area contributed by atoms with Crippen LogP contribution in [0, 0.1) is 11.8 Å². The molecule has 0 spiro atoms. The van der Waals surface area contributed by atoms with Crippen LogP contribution in [-0.2, 0) is 0 Å². The molecular weight excluding hydrogens is 264 g/mol. The number of hydrogen-bond donors (Lipinski definition) is 0. The van der Waals surface area contributed by atoms with Crippen molar-refractivity contribution in [2.45, 2.75) is 30.5 Å². The zero-order chi connectivity index (χ0) is 12.5. The molecule has 4 heteroatoms. The number of rotatable bonds is 1. The van der Waals surface area contributed by atoms with Crippen molar-refractivity contribution in [2.24, 2.45) is 11.8 Å². The van der Waals surface area contributed by atoms with Gasteiger partial charge >= 0.3 is 0 Å². The summed E-state index contributed by atoms with van der Waals surface area (Å²) in [6.07, 6.45) is 4.02. The maximum atomic E-state index is 6.07. The van der Waals surface area contributed by atoms with E-state index in [1.807, 2.05) is 18.7 Å². The molecule has 0 aliphatic heterocycles. The molecule has 16 heavy (non-hydrogen) atoms. The Morgan fingerprint density at radius 2 is 1.62 bits per heavy atom. The lowest BCUT2D eigenvalue weighted by molar-refractivity contribution is -0.462. The zero-order valence-electron chi connectivity index (χ0n) is 10.2. The van der Waals surface area contributed by atoms with Crippen molar-refractivity contribution in [3.8, 4) is 0 Å². The Labute approximate surface area is 113 Å². The van der Waals surface area contributed by atoms with Crippen molar-refractivity contribution in [2.75, 3.05) is 14.1 Å². The molecule has 0 bridgehead atoms. The molecule has 1 nitrogen and oxygen atoms in total. The summed E-state index contributed by atoms with van der Waals surface area (Å²) in [7, 11) is 4.02. The Morgan fingerprint density at radius 1 is 1.12 bits per heavy atom. The quantitative estimate of drug-likeness (QED) is 0.295. The molecule has 0 radical (unpaired) electrons. The lowest BCUT2D eigenvalue weighted by Crippen LogP contribution is -2.33. The van der Waals surface area contributed by atoms with Gasteiger partial charge in [0.25, 0.3) is 0 Å². The van der Waals surface area contributed by atoms with Crippen LogP contribution in [0.1, 0.15) is 26.7 Å². The van der Waals surface area contributed by atoms with E-state index in [2.05, 4.69) is 20.1 Å². The highest BCUT2D eigenvalue weighted by molar-refractivity contribution is 6.67. The van der Waals surface area contributed by atoms with E-state index < -0.39 is 3.79 Å². The van der Waals surface area contributed by atoms with Crippen molar-refractivity contribution in [1.29, 1.82) is 0 Å². The average Bonchev–Trinajstić information content (AvgIpc) is 2.08. The zero-order valence-corrected chi connectivity index (χ0v) is 12.5. The first-order valence-corrected chi connectivity index (χ1v) is 6.58. The molecule has 0 fully saturated rings. The molecule has 0 saturated heterocycles. The predicted octanol–water partition coefficient (Wildman–Crippen LogP) is 4.06. The summed E-state index contributed by atoms with van der Waals surface area (Å²) in [5.41, 5.74) is 2.79. The van der Waals surface area contributed by atoms with Gasteiger partial charge in [-0.3, -0.25) is 0 Å². The minimum absolute atomic E-state index is 0.0728. The minimum Gasteiger partial charge on any atom is -0.245 e. The Hall–Kier alpha value is 0.280. The molecule has 0 saturated carbocycles. The van der Waals surface area contributed by atoms with E-state index >= 15 is 0 Å². The van der Waals surface area contributed by atoms with Crippen LogP contribution in [0.4, 0.5) is 0 Å². The standard InChI is InChI=1S/C12H19Cl3N/c1-8-5-10(7-16(3)4)11(6-9(8)2)12(13,14)15/h7,10-11H,5-6H2,1-4H3/q+1. The molecule has 1 aliphatic rings. The van der Waals surface area contributed by atoms with E-state index in [9.17, 15) is 0 Å². The maximum Gasteiger partial charge on any atom is 0.194 e. The fourth-order valence-electron chi connectivity index (χ4n) is 2.22. The fraction of sp³-hybridized carbons (Fsp3) is 0.750. The Balaban J connectivity index is 3.00. The van der Waals surface area contributed by atoms with Gasteiger partial charge < -0.3 is 0 Å². The summed E-state index contributed by atoms with van der Waals surface area (Å²) in [4.78, 5) is 0. The third-order valence-electron chi connectivity index (χ3n) is 3.22. The summed E-state index contributed by atoms with van der Waals surface area (Å²) in [6, 6.07) is 0. The third kappa shape index (κ3) is 3.65. The van der Waals surface area contributed by atoms with E-state index in [0.717, 1.165) is 12.8 Å². The van der Waals surface area contributed by atoms with Crippen molar-refractivity contribution >= 4 is 41.0 Å². The molecule has 0 heterocycles. The van der Waals surface area contributed by atoms with Gasteiger partial charge in [0.1, 0.15) is 20.3 Å². The van der Waals surface area contributed by atoms with Gasteiger partial charge in [0.2, 0.25) is 0 Å². The molecule has 2 unspecified atom stereocenters. The highest BCUT2D eigenvalue weighted by Crippen LogP contribution is 2.46. The van der Waals surface area contributed by atoms with Gasteiger partial charge in [0.15, 0.2) is 3.79 Å². The SMILES string of the molecule is CC1=C(C)CC(C(Cl)(Cl)Cl)C(C=[N+](C)C)C1. The minimum atomic E-state index is -1.18. The Kier molecular flexibility index (Phi) is 4.74. The smallest absolute Gasteiger partial charge is 0.194 e. The normalized spacial score (nSPS) is 26.9. The van der Waals surface area contributed by atoms with Crippen LogP contribution in [0.2, 0.25) is 0 Å². The summed E-state index contributed by atoms with van der Waals surface area (Å²) in [5.74, 6) is 0.384. The third-order valence-corrected chi connectivity index (χ3v) is 4.06. The topological polar surface area (TPSA) is 3.01 Å². The molecule has 0 N–H and O–H groups in total. The molecule has 0 amide bonds. The van der Waals surface area contributed by atoms with Gasteiger partial charge in [0, 0.05) is 11.8 Å². The first-order valence-electron chi connectivity index (χ1n) is 5.45. The molecule has 92 valence electrons. The lowest BCUT2D eigenvalue weighted by atomic mass is 9.78. The van der Waals surface area contributed by atoms with Gasteiger partial charge in [0.05, 0.1) is 0 Å². The summed E-state index contributed by atoms with van der Waals surface area (Å²) in [5, 5.41) is 0. The summed E-state index contributed by atoms with van der Waals surface area (Å²) < 4.78 is 0.862. The molecule has 0 aromatic carbocycles. The van der Waals surface area contributed by atoms with Crippen molar-refractivity contribution in [1.82, 2.24) is 0 Å².